The summed E-state index contributed by atoms with van der Waals surface area (Å²) >= 11 is 0. The Morgan fingerprint density at radius 1 is 1.21 bits per heavy atom. The number of hydrogen-bond donors (Lipinski definition) is 1. The maximum absolute atomic E-state index is 9.75. The van der Waals surface area contributed by atoms with Crippen molar-refractivity contribution in [3.63, 3.8) is 0 Å². The first-order chi connectivity index (χ1) is 8.83. The molecule has 0 saturated carbocycles. The molecule has 0 amide bonds. The fourth-order valence-corrected chi connectivity index (χ4v) is 1.62. The number of rotatable bonds is 2. The maximum atomic E-state index is 9.75. The van der Waals surface area contributed by atoms with E-state index in [1.807, 2.05) is 25.3 Å². The topological polar surface area (TPSA) is 23.2 Å². The van der Waals surface area contributed by atoms with Gasteiger partial charge in [0.15, 0.2) is 5.71 Å². The molecule has 0 atom stereocenters. The minimum Gasteiger partial charge on any atom is -0.501 e. The summed E-state index contributed by atoms with van der Waals surface area (Å²) in [6, 6.07) is 8.25. The second-order valence-corrected chi connectivity index (χ2v) is 3.78. The van der Waals surface area contributed by atoms with Crippen molar-refractivity contribution in [3.05, 3.63) is 36.1 Å². The molecule has 1 aromatic rings. The van der Waals surface area contributed by atoms with Gasteiger partial charge in [0.05, 0.1) is 24.0 Å². The fraction of sp³-hybridized carbons (Fsp3) is 0.250. The molecule has 0 bridgehead atoms. The molecule has 0 saturated heterocycles. The number of ether oxygens (including phenoxy) is 1. The summed E-state index contributed by atoms with van der Waals surface area (Å²) in [5, 5.41) is 0. The average molecular weight is 275 g/mol. The number of benzene rings is 1. The predicted octanol–water partition coefficient (Wildman–Crippen LogP) is 2.55. The SMILES string of the molecule is CCO/C=C1/C(C)=[NH+]c2ccccc21.F[B-](F)(F)F. The van der Waals surface area contributed by atoms with E-state index in [4.69, 9.17) is 4.74 Å². The summed E-state index contributed by atoms with van der Waals surface area (Å²) in [4.78, 5) is 3.32. The summed E-state index contributed by atoms with van der Waals surface area (Å²) in [5.41, 5.74) is 4.69. The van der Waals surface area contributed by atoms with Crippen molar-refractivity contribution in [3.8, 4) is 0 Å². The van der Waals surface area contributed by atoms with Crippen LogP contribution in [0.15, 0.2) is 30.5 Å². The van der Waals surface area contributed by atoms with Gasteiger partial charge in [0.2, 0.25) is 5.69 Å². The largest absolute Gasteiger partial charge is 0.673 e. The number of halogens is 4. The molecule has 0 aliphatic carbocycles. The van der Waals surface area contributed by atoms with Gasteiger partial charge in [-0.05, 0) is 13.0 Å². The number of nitrogens with one attached hydrogen (secondary N) is 1. The van der Waals surface area contributed by atoms with Crippen LogP contribution in [0.3, 0.4) is 0 Å². The van der Waals surface area contributed by atoms with E-state index in [2.05, 4.69) is 24.0 Å². The van der Waals surface area contributed by atoms with Gasteiger partial charge in [-0.1, -0.05) is 12.1 Å². The van der Waals surface area contributed by atoms with E-state index in [0.717, 1.165) is 17.0 Å². The molecule has 1 aliphatic heterocycles. The maximum Gasteiger partial charge on any atom is 0.673 e. The van der Waals surface area contributed by atoms with E-state index in [9.17, 15) is 17.3 Å². The average Bonchev–Trinajstić information content (AvgIpc) is 2.60. The highest BCUT2D eigenvalue weighted by Crippen LogP contribution is 2.23. The van der Waals surface area contributed by atoms with Gasteiger partial charge in [-0.15, -0.1) is 0 Å². The summed E-state index contributed by atoms with van der Waals surface area (Å²) in [6.45, 7) is 4.75. The molecule has 19 heavy (non-hydrogen) atoms. The van der Waals surface area contributed by atoms with Crippen LogP contribution < -0.4 is 4.99 Å². The molecule has 0 aromatic heterocycles. The first-order valence-electron chi connectivity index (χ1n) is 5.72. The minimum absolute atomic E-state index is 0.707. The van der Waals surface area contributed by atoms with Crippen LogP contribution in [0.25, 0.3) is 5.57 Å². The zero-order chi connectivity index (χ0) is 14.5. The Hall–Kier alpha value is -1.79. The standard InChI is InChI=1S/C12H13NO.BF4/c1-3-14-8-11-9(2)13-12-7-5-4-6-10(11)12;2-1(3,4)5/h4-8H,3H2,1-2H3;/q;-1/p+1/b11-8-;. The Bertz CT molecular complexity index is 491. The zero-order valence-corrected chi connectivity index (χ0v) is 10.6. The lowest BCUT2D eigenvalue weighted by molar-refractivity contribution is -0.349. The molecule has 7 heteroatoms. The Balaban J connectivity index is 0.000000312. The molecule has 0 spiro atoms. The third-order valence-electron chi connectivity index (χ3n) is 2.31. The second kappa shape index (κ2) is 6.40. The van der Waals surface area contributed by atoms with Crippen molar-refractivity contribution in [2.24, 2.45) is 0 Å². The van der Waals surface area contributed by atoms with Crippen LogP contribution in [0.2, 0.25) is 0 Å². The van der Waals surface area contributed by atoms with Gasteiger partial charge in [0, 0.05) is 13.0 Å². The molecule has 2 rings (SSSR count). The second-order valence-electron chi connectivity index (χ2n) is 3.78. The Morgan fingerprint density at radius 2 is 1.79 bits per heavy atom. The molecule has 0 radical (unpaired) electrons. The van der Waals surface area contributed by atoms with Crippen LogP contribution in [-0.4, -0.2) is 19.6 Å². The Labute approximate surface area is 108 Å². The van der Waals surface area contributed by atoms with Crippen LogP contribution in [0.4, 0.5) is 23.0 Å². The van der Waals surface area contributed by atoms with Crippen LogP contribution in [0, 0.1) is 0 Å². The van der Waals surface area contributed by atoms with Crippen molar-refractivity contribution >= 4 is 24.2 Å². The van der Waals surface area contributed by atoms with Crippen molar-refractivity contribution in [2.75, 3.05) is 6.61 Å². The highest BCUT2D eigenvalue weighted by Gasteiger charge is 2.23. The van der Waals surface area contributed by atoms with E-state index in [1.165, 1.54) is 5.56 Å². The summed E-state index contributed by atoms with van der Waals surface area (Å²) in [6.07, 6.45) is 1.83. The molecule has 0 unspecified atom stereocenters. The van der Waals surface area contributed by atoms with Gasteiger partial charge in [-0.3, -0.25) is 0 Å². The van der Waals surface area contributed by atoms with Gasteiger partial charge in [0.1, 0.15) is 0 Å². The molecule has 1 aromatic carbocycles. The molecule has 0 fully saturated rings. The third-order valence-corrected chi connectivity index (χ3v) is 2.31. The van der Waals surface area contributed by atoms with Crippen molar-refractivity contribution in [1.82, 2.24) is 0 Å². The third kappa shape index (κ3) is 5.15. The van der Waals surface area contributed by atoms with E-state index >= 15 is 0 Å². The van der Waals surface area contributed by atoms with Crippen molar-refractivity contribution in [2.45, 2.75) is 13.8 Å². The molecular formula is C12H14BF4NO. The van der Waals surface area contributed by atoms with E-state index in [0.29, 0.717) is 6.61 Å². The summed E-state index contributed by atoms with van der Waals surface area (Å²) in [5.74, 6) is 0. The minimum atomic E-state index is -6.00. The van der Waals surface area contributed by atoms with E-state index in [-0.39, 0.29) is 0 Å². The molecule has 1 heterocycles. The van der Waals surface area contributed by atoms with Crippen LogP contribution in [0.1, 0.15) is 19.4 Å². The van der Waals surface area contributed by atoms with Crippen LogP contribution in [-0.2, 0) is 4.74 Å². The number of allylic oxidation sites excluding steroid dienone is 1. The molecular weight excluding hydrogens is 261 g/mol. The fourth-order valence-electron chi connectivity index (χ4n) is 1.62. The summed E-state index contributed by atoms with van der Waals surface area (Å²) in [7, 11) is -6.00. The van der Waals surface area contributed by atoms with Gasteiger partial charge >= 0.3 is 7.25 Å². The van der Waals surface area contributed by atoms with E-state index in [1.54, 1.807) is 0 Å². The van der Waals surface area contributed by atoms with Crippen molar-refractivity contribution < 1.29 is 27.0 Å². The van der Waals surface area contributed by atoms with E-state index < -0.39 is 7.25 Å². The lowest BCUT2D eigenvalue weighted by Gasteiger charge is -1.97. The Morgan fingerprint density at radius 3 is 2.37 bits per heavy atom. The first kappa shape index (κ1) is 15.3. The Kier molecular flexibility index (Phi) is 5.15. The molecule has 104 valence electrons. The van der Waals surface area contributed by atoms with Crippen molar-refractivity contribution in [1.29, 1.82) is 0 Å². The van der Waals surface area contributed by atoms with Gasteiger partial charge in [-0.25, -0.2) is 4.99 Å². The predicted molar refractivity (Wildman–Crippen MR) is 67.5 cm³/mol. The van der Waals surface area contributed by atoms with Crippen LogP contribution >= 0.6 is 0 Å². The first-order valence-corrected chi connectivity index (χ1v) is 5.72. The quantitative estimate of drug-likeness (QED) is 0.500. The highest BCUT2D eigenvalue weighted by molar-refractivity contribution is 6.50. The van der Waals surface area contributed by atoms with Gasteiger partial charge in [0.25, 0.3) is 0 Å². The normalized spacial score (nSPS) is 15.5. The molecule has 1 N–H and O–H groups in total. The number of hydrogen-bond acceptors (Lipinski definition) is 1. The highest BCUT2D eigenvalue weighted by atomic mass is 19.5. The zero-order valence-electron chi connectivity index (χ0n) is 10.6. The smallest absolute Gasteiger partial charge is 0.501 e. The van der Waals surface area contributed by atoms with Crippen LogP contribution in [0.5, 0.6) is 0 Å². The molecule has 2 nitrogen and oxygen atoms in total. The number of para-hydroxylation sites is 1. The summed E-state index contributed by atoms with van der Waals surface area (Å²) < 4.78 is 44.3. The van der Waals surface area contributed by atoms with Gasteiger partial charge < -0.3 is 22.0 Å². The monoisotopic (exact) mass is 275 g/mol. The lowest BCUT2D eigenvalue weighted by Crippen LogP contribution is -2.62. The number of fused-ring (bicyclic) bond motifs is 1. The molecule has 1 aliphatic rings. The van der Waals surface area contributed by atoms with Gasteiger partial charge in [-0.2, -0.15) is 0 Å². The lowest BCUT2D eigenvalue weighted by atomic mass is 10.1.